The second-order valence-electron chi connectivity index (χ2n) is 5.47. The van der Waals surface area contributed by atoms with Crippen LogP contribution < -0.4 is 5.32 Å². The molecule has 1 N–H and O–H groups in total. The van der Waals surface area contributed by atoms with Crippen molar-refractivity contribution in [3.05, 3.63) is 35.6 Å². The summed E-state index contributed by atoms with van der Waals surface area (Å²) in [6.45, 7) is 5.21. The highest BCUT2D eigenvalue weighted by atomic mass is 19.1. The predicted molar refractivity (Wildman–Crippen MR) is 73.0 cm³/mol. The van der Waals surface area contributed by atoms with Crippen LogP contribution in [0.5, 0.6) is 0 Å². The normalized spacial score (nSPS) is 23.8. The molecule has 1 fully saturated rings. The number of benzene rings is 1. The van der Waals surface area contributed by atoms with Gasteiger partial charge in [0.1, 0.15) is 5.82 Å². The molecule has 1 aliphatic heterocycles. The lowest BCUT2D eigenvalue weighted by atomic mass is 9.93. The summed E-state index contributed by atoms with van der Waals surface area (Å²) in [5, 5.41) is 3.63. The van der Waals surface area contributed by atoms with Gasteiger partial charge in [-0.15, -0.1) is 0 Å². The Balaban J connectivity index is 1.93. The molecule has 0 radical (unpaired) electrons. The summed E-state index contributed by atoms with van der Waals surface area (Å²) in [6, 6.07) is 6.88. The van der Waals surface area contributed by atoms with E-state index < -0.39 is 0 Å². The molecule has 1 aromatic rings. The minimum Gasteiger partial charge on any atom is -0.310 e. The van der Waals surface area contributed by atoms with Crippen LogP contribution in [0.1, 0.15) is 31.7 Å². The van der Waals surface area contributed by atoms with Crippen LogP contribution in [0.2, 0.25) is 0 Å². The molecular weight excluding hydrogens is 227 g/mol. The fourth-order valence-corrected chi connectivity index (χ4v) is 2.94. The van der Waals surface area contributed by atoms with Crippen LogP contribution in [-0.2, 0) is 6.54 Å². The van der Waals surface area contributed by atoms with Crippen LogP contribution in [0.25, 0.3) is 0 Å². The fraction of sp³-hybridized carbons (Fsp3) is 0.600. The Hall–Kier alpha value is -0.930. The molecule has 0 bridgehead atoms. The standard InChI is InChI=1S/C15H23FN2/c1-3-15(8-5-9-17-15)12-18(2)11-13-6-4-7-14(16)10-13/h4,6-7,10,17H,3,5,8-9,11-12H2,1-2H3. The van der Waals surface area contributed by atoms with Gasteiger partial charge in [-0.25, -0.2) is 4.39 Å². The Morgan fingerprint density at radius 2 is 2.28 bits per heavy atom. The minimum atomic E-state index is -0.148. The summed E-state index contributed by atoms with van der Waals surface area (Å²) in [7, 11) is 2.11. The molecule has 0 aromatic heterocycles. The van der Waals surface area contributed by atoms with Gasteiger partial charge in [-0.05, 0) is 50.6 Å². The van der Waals surface area contributed by atoms with E-state index in [1.807, 2.05) is 6.07 Å². The van der Waals surface area contributed by atoms with Gasteiger partial charge in [-0.3, -0.25) is 0 Å². The van der Waals surface area contributed by atoms with Crippen molar-refractivity contribution in [2.45, 2.75) is 38.3 Å². The molecule has 0 spiro atoms. The van der Waals surface area contributed by atoms with Crippen molar-refractivity contribution in [1.82, 2.24) is 10.2 Å². The van der Waals surface area contributed by atoms with E-state index in [9.17, 15) is 4.39 Å². The third-order valence-corrected chi connectivity index (χ3v) is 3.92. The Bertz CT molecular complexity index is 386. The molecule has 1 aromatic carbocycles. The third kappa shape index (κ3) is 3.30. The van der Waals surface area contributed by atoms with E-state index in [0.29, 0.717) is 0 Å². The Morgan fingerprint density at radius 1 is 1.44 bits per heavy atom. The van der Waals surface area contributed by atoms with Crippen LogP contribution in [0.4, 0.5) is 4.39 Å². The zero-order valence-electron chi connectivity index (χ0n) is 11.4. The first-order valence-corrected chi connectivity index (χ1v) is 6.81. The first-order chi connectivity index (χ1) is 8.63. The lowest BCUT2D eigenvalue weighted by molar-refractivity contribution is 0.214. The quantitative estimate of drug-likeness (QED) is 0.864. The highest BCUT2D eigenvalue weighted by Crippen LogP contribution is 2.24. The number of likely N-dealkylation sites (N-methyl/N-ethyl adjacent to an activating group) is 1. The van der Waals surface area contributed by atoms with Crippen molar-refractivity contribution in [2.24, 2.45) is 0 Å². The van der Waals surface area contributed by atoms with Gasteiger partial charge in [-0.1, -0.05) is 19.1 Å². The fourth-order valence-electron chi connectivity index (χ4n) is 2.94. The first-order valence-electron chi connectivity index (χ1n) is 6.81. The number of rotatable bonds is 5. The zero-order chi connectivity index (χ0) is 13.0. The van der Waals surface area contributed by atoms with Gasteiger partial charge in [0.25, 0.3) is 0 Å². The highest BCUT2D eigenvalue weighted by Gasteiger charge is 2.32. The van der Waals surface area contributed by atoms with Crippen LogP contribution in [0, 0.1) is 5.82 Å². The smallest absolute Gasteiger partial charge is 0.123 e. The van der Waals surface area contributed by atoms with Gasteiger partial charge in [0.15, 0.2) is 0 Å². The lowest BCUT2D eigenvalue weighted by Crippen LogP contribution is -2.48. The molecular formula is C15H23FN2. The van der Waals surface area contributed by atoms with Crippen molar-refractivity contribution in [3.8, 4) is 0 Å². The van der Waals surface area contributed by atoms with Crippen molar-refractivity contribution in [2.75, 3.05) is 20.1 Å². The Kier molecular flexibility index (Phi) is 4.36. The van der Waals surface area contributed by atoms with Gasteiger partial charge >= 0.3 is 0 Å². The number of nitrogens with zero attached hydrogens (tertiary/aromatic N) is 1. The number of hydrogen-bond acceptors (Lipinski definition) is 2. The maximum absolute atomic E-state index is 13.1. The molecule has 18 heavy (non-hydrogen) atoms. The topological polar surface area (TPSA) is 15.3 Å². The molecule has 1 saturated heterocycles. The highest BCUT2D eigenvalue weighted by molar-refractivity contribution is 5.16. The van der Waals surface area contributed by atoms with Gasteiger partial charge in [0, 0.05) is 18.6 Å². The molecule has 2 rings (SSSR count). The monoisotopic (exact) mass is 250 g/mol. The van der Waals surface area contributed by atoms with E-state index in [1.54, 1.807) is 12.1 Å². The summed E-state index contributed by atoms with van der Waals surface area (Å²) >= 11 is 0. The molecule has 1 unspecified atom stereocenters. The van der Waals surface area contributed by atoms with E-state index in [2.05, 4.69) is 24.2 Å². The van der Waals surface area contributed by atoms with E-state index in [-0.39, 0.29) is 11.4 Å². The Morgan fingerprint density at radius 3 is 2.89 bits per heavy atom. The maximum atomic E-state index is 13.1. The van der Waals surface area contributed by atoms with Gasteiger partial charge < -0.3 is 10.2 Å². The van der Waals surface area contributed by atoms with Crippen LogP contribution in [0.3, 0.4) is 0 Å². The minimum absolute atomic E-state index is 0.148. The van der Waals surface area contributed by atoms with Gasteiger partial charge in [0.05, 0.1) is 0 Å². The maximum Gasteiger partial charge on any atom is 0.123 e. The summed E-state index contributed by atoms with van der Waals surface area (Å²) in [5.41, 5.74) is 1.31. The molecule has 1 atom stereocenters. The summed E-state index contributed by atoms with van der Waals surface area (Å²) in [4.78, 5) is 2.29. The number of nitrogens with one attached hydrogen (secondary N) is 1. The molecule has 0 amide bonds. The van der Waals surface area contributed by atoms with Crippen LogP contribution in [0.15, 0.2) is 24.3 Å². The summed E-state index contributed by atoms with van der Waals surface area (Å²) in [5.74, 6) is -0.148. The van der Waals surface area contributed by atoms with Crippen LogP contribution in [-0.4, -0.2) is 30.6 Å². The number of halogens is 1. The summed E-state index contributed by atoms with van der Waals surface area (Å²) in [6.07, 6.45) is 3.67. The van der Waals surface area contributed by atoms with Crippen molar-refractivity contribution >= 4 is 0 Å². The zero-order valence-corrected chi connectivity index (χ0v) is 11.4. The lowest BCUT2D eigenvalue weighted by Gasteiger charge is -2.33. The van der Waals surface area contributed by atoms with E-state index in [1.165, 1.54) is 18.9 Å². The van der Waals surface area contributed by atoms with E-state index in [0.717, 1.165) is 31.6 Å². The Labute approximate surface area is 109 Å². The number of hydrogen-bond donors (Lipinski definition) is 1. The molecule has 2 nitrogen and oxygen atoms in total. The molecule has 100 valence electrons. The van der Waals surface area contributed by atoms with Gasteiger partial charge in [-0.2, -0.15) is 0 Å². The first kappa shape index (κ1) is 13.5. The van der Waals surface area contributed by atoms with Crippen molar-refractivity contribution in [3.63, 3.8) is 0 Å². The second-order valence-corrected chi connectivity index (χ2v) is 5.47. The second kappa shape index (κ2) is 5.81. The predicted octanol–water partition coefficient (Wildman–Crippen LogP) is 2.79. The van der Waals surface area contributed by atoms with Crippen molar-refractivity contribution < 1.29 is 4.39 Å². The molecule has 1 heterocycles. The molecule has 0 aliphatic carbocycles. The van der Waals surface area contributed by atoms with Crippen LogP contribution >= 0.6 is 0 Å². The third-order valence-electron chi connectivity index (χ3n) is 3.92. The molecule has 0 saturated carbocycles. The average molecular weight is 250 g/mol. The molecule has 3 heteroatoms. The molecule has 1 aliphatic rings. The SMILES string of the molecule is CCC1(CN(C)Cc2cccc(F)c2)CCCN1. The van der Waals surface area contributed by atoms with E-state index >= 15 is 0 Å². The van der Waals surface area contributed by atoms with E-state index in [4.69, 9.17) is 0 Å². The summed E-state index contributed by atoms with van der Waals surface area (Å²) < 4.78 is 13.1. The van der Waals surface area contributed by atoms with Gasteiger partial charge in [0.2, 0.25) is 0 Å². The van der Waals surface area contributed by atoms with Crippen molar-refractivity contribution in [1.29, 1.82) is 0 Å². The average Bonchev–Trinajstić information content (AvgIpc) is 2.78. The largest absolute Gasteiger partial charge is 0.310 e.